The number of rotatable bonds is 4. The number of fused-ring (bicyclic) bond motifs is 2. The van der Waals surface area contributed by atoms with Crippen molar-refractivity contribution >= 4 is 16.9 Å². The first kappa shape index (κ1) is 18.6. The van der Waals surface area contributed by atoms with E-state index in [1.54, 1.807) is 19.0 Å². The quantitative estimate of drug-likeness (QED) is 0.691. The Hall–Kier alpha value is -2.74. The zero-order chi connectivity index (χ0) is 20.0. The molecule has 0 saturated carbocycles. The van der Waals surface area contributed by atoms with Crippen LogP contribution in [0, 0.1) is 0 Å². The molecule has 1 unspecified atom stereocenters. The number of likely N-dealkylation sites (N-methyl/N-ethyl adjacent to an activating group) is 1. The van der Waals surface area contributed by atoms with Crippen LogP contribution in [0.4, 0.5) is 0 Å². The van der Waals surface area contributed by atoms with Crippen molar-refractivity contribution in [3.8, 4) is 0 Å². The second-order valence-corrected chi connectivity index (χ2v) is 7.97. The van der Waals surface area contributed by atoms with E-state index in [4.69, 9.17) is 0 Å². The van der Waals surface area contributed by atoms with Crippen molar-refractivity contribution in [2.75, 3.05) is 20.6 Å². The Morgan fingerprint density at radius 1 is 1.25 bits per heavy atom. The van der Waals surface area contributed by atoms with Crippen LogP contribution in [0.2, 0.25) is 0 Å². The Bertz CT molecular complexity index is 1020. The van der Waals surface area contributed by atoms with Gasteiger partial charge in [-0.3, -0.25) is 14.4 Å². The summed E-state index contributed by atoms with van der Waals surface area (Å²) < 4.78 is 3.82. The van der Waals surface area contributed by atoms with Gasteiger partial charge in [-0.1, -0.05) is 0 Å². The van der Waals surface area contributed by atoms with Gasteiger partial charge in [-0.15, -0.1) is 0 Å². The van der Waals surface area contributed by atoms with Gasteiger partial charge in [-0.05, 0) is 25.5 Å². The van der Waals surface area contributed by atoms with E-state index in [9.17, 15) is 4.79 Å². The SMILES string of the molecule is CC(C)n1ncc2cc(CN3CCc4c(cnn4C)C3C(=O)N(C)C)cnc21. The molecule has 0 fully saturated rings. The summed E-state index contributed by atoms with van der Waals surface area (Å²) in [5, 5.41) is 9.87. The Balaban J connectivity index is 1.66. The van der Waals surface area contributed by atoms with Gasteiger partial charge in [0.25, 0.3) is 0 Å². The fourth-order valence-corrected chi connectivity index (χ4v) is 3.98. The average Bonchev–Trinajstić information content (AvgIpc) is 3.24. The third-order valence-corrected chi connectivity index (χ3v) is 5.43. The molecule has 8 heteroatoms. The number of nitrogens with zero attached hydrogens (tertiary/aromatic N) is 7. The molecule has 8 nitrogen and oxygen atoms in total. The van der Waals surface area contributed by atoms with Crippen LogP contribution >= 0.6 is 0 Å². The number of hydrogen-bond donors (Lipinski definition) is 0. The summed E-state index contributed by atoms with van der Waals surface area (Å²) in [5.74, 6) is 0.0793. The zero-order valence-electron chi connectivity index (χ0n) is 17.1. The molecule has 28 heavy (non-hydrogen) atoms. The largest absolute Gasteiger partial charge is 0.347 e. The van der Waals surface area contributed by atoms with Crippen LogP contribution in [-0.2, 0) is 24.8 Å². The molecule has 0 radical (unpaired) electrons. The highest BCUT2D eigenvalue weighted by Gasteiger charge is 2.36. The number of hydrogen-bond acceptors (Lipinski definition) is 5. The average molecular weight is 381 g/mol. The lowest BCUT2D eigenvalue weighted by atomic mass is 9.97. The van der Waals surface area contributed by atoms with E-state index in [-0.39, 0.29) is 18.0 Å². The van der Waals surface area contributed by atoms with Gasteiger partial charge >= 0.3 is 0 Å². The fourth-order valence-electron chi connectivity index (χ4n) is 3.98. The molecule has 4 rings (SSSR count). The zero-order valence-corrected chi connectivity index (χ0v) is 17.1. The summed E-state index contributed by atoms with van der Waals surface area (Å²) in [6.45, 7) is 5.66. The molecule has 1 amide bonds. The van der Waals surface area contributed by atoms with Crippen LogP contribution in [0.5, 0.6) is 0 Å². The van der Waals surface area contributed by atoms with Crippen molar-refractivity contribution < 1.29 is 4.79 Å². The molecule has 1 atom stereocenters. The Morgan fingerprint density at radius 2 is 2.04 bits per heavy atom. The molecule has 1 aliphatic heterocycles. The molecule has 0 bridgehead atoms. The normalized spacial score (nSPS) is 17.3. The second kappa shape index (κ2) is 7.01. The number of carbonyl (C=O) groups is 1. The predicted molar refractivity (Wildman–Crippen MR) is 107 cm³/mol. The van der Waals surface area contributed by atoms with Crippen molar-refractivity contribution in [3.63, 3.8) is 0 Å². The summed E-state index contributed by atoms with van der Waals surface area (Å²) in [6, 6.07) is 2.08. The van der Waals surface area contributed by atoms with Crippen LogP contribution in [0.25, 0.3) is 11.0 Å². The molecular formula is C20H27N7O. The highest BCUT2D eigenvalue weighted by molar-refractivity contribution is 5.83. The molecule has 0 aliphatic carbocycles. The van der Waals surface area contributed by atoms with E-state index < -0.39 is 0 Å². The first-order chi connectivity index (χ1) is 13.4. The first-order valence-electron chi connectivity index (χ1n) is 9.65. The minimum absolute atomic E-state index is 0.0793. The predicted octanol–water partition coefficient (Wildman–Crippen LogP) is 1.93. The summed E-state index contributed by atoms with van der Waals surface area (Å²) >= 11 is 0. The van der Waals surface area contributed by atoms with Gasteiger partial charge in [-0.25, -0.2) is 9.67 Å². The van der Waals surface area contributed by atoms with Gasteiger partial charge in [0, 0.05) is 69.5 Å². The molecule has 3 aromatic heterocycles. The number of carbonyl (C=O) groups excluding carboxylic acids is 1. The van der Waals surface area contributed by atoms with Crippen LogP contribution in [-0.4, -0.2) is 60.9 Å². The molecular weight excluding hydrogens is 354 g/mol. The molecule has 0 N–H and O–H groups in total. The lowest BCUT2D eigenvalue weighted by Gasteiger charge is -2.36. The van der Waals surface area contributed by atoms with E-state index in [0.29, 0.717) is 6.54 Å². The molecule has 0 aromatic carbocycles. The van der Waals surface area contributed by atoms with E-state index in [2.05, 4.69) is 40.0 Å². The molecule has 3 aromatic rings. The van der Waals surface area contributed by atoms with E-state index >= 15 is 0 Å². The summed E-state index contributed by atoms with van der Waals surface area (Å²) in [5.41, 5.74) is 4.13. The molecule has 0 spiro atoms. The minimum atomic E-state index is -0.318. The molecule has 1 aliphatic rings. The number of aromatic nitrogens is 5. The Morgan fingerprint density at radius 3 is 2.75 bits per heavy atom. The van der Waals surface area contributed by atoms with Gasteiger partial charge in [0.1, 0.15) is 6.04 Å². The molecule has 4 heterocycles. The van der Waals surface area contributed by atoms with E-state index in [1.165, 1.54) is 0 Å². The Kier molecular flexibility index (Phi) is 4.66. The van der Waals surface area contributed by atoms with Crippen LogP contribution in [0.1, 0.15) is 42.8 Å². The van der Waals surface area contributed by atoms with Crippen molar-refractivity contribution in [1.82, 2.24) is 34.3 Å². The monoisotopic (exact) mass is 381 g/mol. The maximum absolute atomic E-state index is 13.0. The summed E-state index contributed by atoms with van der Waals surface area (Å²) in [6.07, 6.45) is 6.48. The van der Waals surface area contributed by atoms with Crippen molar-refractivity contribution in [1.29, 1.82) is 0 Å². The fraction of sp³-hybridized carbons (Fsp3) is 0.500. The number of pyridine rings is 1. The topological polar surface area (TPSA) is 72.1 Å². The maximum Gasteiger partial charge on any atom is 0.244 e. The van der Waals surface area contributed by atoms with Crippen LogP contribution < -0.4 is 0 Å². The molecule has 0 saturated heterocycles. The van der Waals surface area contributed by atoms with Crippen molar-refractivity contribution in [3.05, 3.63) is 41.5 Å². The third kappa shape index (κ3) is 3.07. The highest BCUT2D eigenvalue weighted by atomic mass is 16.2. The van der Waals surface area contributed by atoms with E-state index in [1.807, 2.05) is 35.0 Å². The van der Waals surface area contributed by atoms with Gasteiger partial charge in [0.15, 0.2) is 5.65 Å². The van der Waals surface area contributed by atoms with Gasteiger partial charge in [-0.2, -0.15) is 10.2 Å². The first-order valence-corrected chi connectivity index (χ1v) is 9.65. The second-order valence-electron chi connectivity index (χ2n) is 7.97. The maximum atomic E-state index is 13.0. The van der Waals surface area contributed by atoms with Crippen molar-refractivity contribution in [2.24, 2.45) is 7.05 Å². The van der Waals surface area contributed by atoms with Crippen molar-refractivity contribution in [2.45, 2.75) is 38.9 Å². The summed E-state index contributed by atoms with van der Waals surface area (Å²) in [4.78, 5) is 21.5. The van der Waals surface area contributed by atoms with Gasteiger partial charge in [0.05, 0.1) is 12.4 Å². The van der Waals surface area contributed by atoms with Gasteiger partial charge in [0.2, 0.25) is 5.91 Å². The lowest BCUT2D eigenvalue weighted by Crippen LogP contribution is -2.43. The minimum Gasteiger partial charge on any atom is -0.347 e. The standard InChI is InChI=1S/C20H27N7O/c1-13(2)27-19-15(10-23-27)8-14(9-21-19)12-26-7-6-17-16(11-22-25(17)5)18(26)20(28)24(3)4/h8-11,13,18H,6-7,12H2,1-5H3. The smallest absolute Gasteiger partial charge is 0.244 e. The number of aryl methyl sites for hydroxylation is 1. The van der Waals surface area contributed by atoms with Crippen LogP contribution in [0.15, 0.2) is 24.7 Å². The highest BCUT2D eigenvalue weighted by Crippen LogP contribution is 2.32. The van der Waals surface area contributed by atoms with Crippen LogP contribution in [0.3, 0.4) is 0 Å². The molecule has 148 valence electrons. The third-order valence-electron chi connectivity index (χ3n) is 5.43. The Labute approximate surface area is 164 Å². The van der Waals surface area contributed by atoms with E-state index in [0.717, 1.165) is 40.8 Å². The lowest BCUT2D eigenvalue weighted by molar-refractivity contribution is -0.135. The number of amides is 1. The summed E-state index contributed by atoms with van der Waals surface area (Å²) in [7, 11) is 5.55. The van der Waals surface area contributed by atoms with Gasteiger partial charge < -0.3 is 4.90 Å².